The third-order valence-corrected chi connectivity index (χ3v) is 5.66. The first-order valence-electron chi connectivity index (χ1n) is 10.4. The standard InChI is InChI=1S/C21H21F3N6O3/c22-21(23,24)18-9-14(13-2-3-16-17(8-13)33-12-32-16)27-19-10-15(28-30(18)19)20(31)26-4-1-6-29-7-5-25-11-29/h2-3,5,7-8,10-11,14,18,27H,1,4,6,9,12H2,(H,26,31). The van der Waals surface area contributed by atoms with Crippen molar-refractivity contribution < 1.29 is 27.4 Å². The fourth-order valence-corrected chi connectivity index (χ4v) is 4.01. The SMILES string of the molecule is O=C(NCCCn1ccnc1)c1cc2n(n1)C(C(F)(F)F)CC(c1ccc3c(c1)OCO3)N2. The van der Waals surface area contributed by atoms with Crippen LogP contribution in [0.4, 0.5) is 19.0 Å². The Morgan fingerprint density at radius 3 is 2.88 bits per heavy atom. The van der Waals surface area contributed by atoms with Gasteiger partial charge in [0.25, 0.3) is 5.91 Å². The average molecular weight is 462 g/mol. The molecule has 2 aromatic heterocycles. The number of nitrogens with one attached hydrogen (secondary N) is 2. The molecule has 0 aliphatic carbocycles. The Labute approximate surface area is 186 Å². The molecule has 2 atom stereocenters. The second kappa shape index (κ2) is 8.34. The van der Waals surface area contributed by atoms with Crippen molar-refractivity contribution in [3.63, 3.8) is 0 Å². The maximum atomic E-state index is 13.9. The number of hydrogen-bond donors (Lipinski definition) is 2. The van der Waals surface area contributed by atoms with Crippen LogP contribution >= 0.6 is 0 Å². The lowest BCUT2D eigenvalue weighted by Crippen LogP contribution is -2.35. The Kier molecular flexibility index (Phi) is 5.35. The molecular formula is C21H21F3N6O3. The number of benzene rings is 1. The first-order chi connectivity index (χ1) is 15.9. The molecule has 0 saturated carbocycles. The molecule has 0 saturated heterocycles. The maximum Gasteiger partial charge on any atom is 0.410 e. The van der Waals surface area contributed by atoms with Crippen molar-refractivity contribution in [1.82, 2.24) is 24.6 Å². The summed E-state index contributed by atoms with van der Waals surface area (Å²) in [6.45, 7) is 1.10. The van der Waals surface area contributed by atoms with Gasteiger partial charge in [0, 0.05) is 38.0 Å². The smallest absolute Gasteiger partial charge is 0.410 e. The van der Waals surface area contributed by atoms with Gasteiger partial charge in [-0.15, -0.1) is 0 Å². The summed E-state index contributed by atoms with van der Waals surface area (Å²) in [5, 5.41) is 9.76. The van der Waals surface area contributed by atoms with Crippen LogP contribution in [-0.2, 0) is 6.54 Å². The van der Waals surface area contributed by atoms with Gasteiger partial charge in [-0.1, -0.05) is 6.07 Å². The van der Waals surface area contributed by atoms with Crippen molar-refractivity contribution >= 4 is 11.7 Å². The lowest BCUT2D eigenvalue weighted by atomic mass is 9.96. The Hall–Kier alpha value is -3.70. The van der Waals surface area contributed by atoms with Crippen LogP contribution in [0.3, 0.4) is 0 Å². The van der Waals surface area contributed by atoms with Crippen molar-refractivity contribution in [1.29, 1.82) is 0 Å². The van der Waals surface area contributed by atoms with Crippen molar-refractivity contribution in [2.45, 2.75) is 37.6 Å². The van der Waals surface area contributed by atoms with E-state index < -0.39 is 24.2 Å². The highest BCUT2D eigenvalue weighted by molar-refractivity contribution is 5.93. The minimum absolute atomic E-state index is 0.0688. The number of carbonyl (C=O) groups excluding carboxylic acids is 1. The fraction of sp³-hybridized carbons (Fsp3) is 0.381. The molecule has 12 heteroatoms. The van der Waals surface area contributed by atoms with E-state index in [0.717, 1.165) is 4.68 Å². The van der Waals surface area contributed by atoms with Crippen molar-refractivity contribution in [2.75, 3.05) is 18.7 Å². The molecule has 33 heavy (non-hydrogen) atoms. The fourth-order valence-electron chi connectivity index (χ4n) is 4.01. The summed E-state index contributed by atoms with van der Waals surface area (Å²) < 4.78 is 55.0. The van der Waals surface area contributed by atoms with E-state index in [1.54, 1.807) is 30.7 Å². The van der Waals surface area contributed by atoms with Gasteiger partial charge in [0.2, 0.25) is 6.79 Å². The van der Waals surface area contributed by atoms with E-state index >= 15 is 0 Å². The summed E-state index contributed by atoms with van der Waals surface area (Å²) >= 11 is 0. The number of carbonyl (C=O) groups is 1. The van der Waals surface area contributed by atoms with E-state index in [1.165, 1.54) is 6.07 Å². The number of fused-ring (bicyclic) bond motifs is 2. The summed E-state index contributed by atoms with van der Waals surface area (Å²) in [6.07, 6.45) is 0.982. The molecule has 0 radical (unpaired) electrons. The van der Waals surface area contributed by atoms with E-state index in [0.29, 0.717) is 36.6 Å². The molecule has 2 N–H and O–H groups in total. The average Bonchev–Trinajstić information content (AvgIpc) is 3.54. The van der Waals surface area contributed by atoms with Gasteiger partial charge >= 0.3 is 6.18 Å². The van der Waals surface area contributed by atoms with Crippen molar-refractivity contribution in [3.8, 4) is 11.5 Å². The van der Waals surface area contributed by atoms with Gasteiger partial charge in [-0.3, -0.25) is 4.79 Å². The van der Waals surface area contributed by atoms with Gasteiger partial charge in [0.05, 0.1) is 12.4 Å². The zero-order valence-corrected chi connectivity index (χ0v) is 17.4. The van der Waals surface area contributed by atoms with E-state index in [4.69, 9.17) is 9.47 Å². The number of halogens is 3. The highest BCUT2D eigenvalue weighted by atomic mass is 19.4. The van der Waals surface area contributed by atoms with E-state index in [-0.39, 0.29) is 24.7 Å². The van der Waals surface area contributed by atoms with E-state index in [1.807, 2.05) is 10.8 Å². The second-order valence-electron chi connectivity index (χ2n) is 7.87. The summed E-state index contributed by atoms with van der Waals surface area (Å²) in [5.41, 5.74) is 0.562. The Morgan fingerprint density at radius 2 is 2.09 bits per heavy atom. The zero-order valence-electron chi connectivity index (χ0n) is 17.4. The number of ether oxygens (including phenoxy) is 2. The number of anilines is 1. The number of rotatable bonds is 6. The number of hydrogen-bond acceptors (Lipinski definition) is 6. The topological polar surface area (TPSA) is 95.2 Å². The summed E-state index contributed by atoms with van der Waals surface area (Å²) in [6, 6.07) is 3.90. The second-order valence-corrected chi connectivity index (χ2v) is 7.87. The van der Waals surface area contributed by atoms with Crippen LogP contribution < -0.4 is 20.1 Å². The van der Waals surface area contributed by atoms with Crippen LogP contribution in [0.5, 0.6) is 11.5 Å². The molecule has 0 spiro atoms. The molecule has 1 amide bonds. The lowest BCUT2D eigenvalue weighted by molar-refractivity contribution is -0.173. The van der Waals surface area contributed by atoms with Crippen LogP contribution in [0.1, 0.15) is 41.0 Å². The molecule has 2 aliphatic heterocycles. The molecule has 9 nitrogen and oxygen atoms in total. The van der Waals surface area contributed by atoms with E-state index in [2.05, 4.69) is 20.7 Å². The number of alkyl halides is 3. The third-order valence-electron chi connectivity index (χ3n) is 5.66. The number of aryl methyl sites for hydroxylation is 1. The summed E-state index contributed by atoms with van der Waals surface area (Å²) in [7, 11) is 0. The monoisotopic (exact) mass is 462 g/mol. The zero-order chi connectivity index (χ0) is 23.0. The lowest BCUT2D eigenvalue weighted by Gasteiger charge is -2.33. The first-order valence-corrected chi connectivity index (χ1v) is 10.4. The normalized spacial score (nSPS) is 19.1. The molecule has 2 aliphatic rings. The van der Waals surface area contributed by atoms with E-state index in [9.17, 15) is 18.0 Å². The Morgan fingerprint density at radius 1 is 1.24 bits per heavy atom. The van der Waals surface area contributed by atoms with Crippen LogP contribution in [0.25, 0.3) is 0 Å². The van der Waals surface area contributed by atoms with Crippen LogP contribution in [0.2, 0.25) is 0 Å². The van der Waals surface area contributed by atoms with Gasteiger partial charge in [-0.25, -0.2) is 9.67 Å². The Balaban J connectivity index is 1.31. The van der Waals surface area contributed by atoms with Gasteiger partial charge in [0.15, 0.2) is 23.2 Å². The van der Waals surface area contributed by atoms with Crippen molar-refractivity contribution in [3.05, 3.63) is 54.2 Å². The quantitative estimate of drug-likeness (QED) is 0.546. The third kappa shape index (κ3) is 4.32. The first kappa shape index (κ1) is 21.2. The predicted molar refractivity (Wildman–Crippen MR) is 110 cm³/mol. The Bertz CT molecular complexity index is 1140. The molecule has 0 fully saturated rings. The molecule has 2 unspecified atom stereocenters. The highest BCUT2D eigenvalue weighted by Gasteiger charge is 2.47. The number of nitrogens with zero attached hydrogens (tertiary/aromatic N) is 4. The molecule has 3 aromatic rings. The van der Waals surface area contributed by atoms with Crippen molar-refractivity contribution in [2.24, 2.45) is 0 Å². The number of imidazole rings is 1. The largest absolute Gasteiger partial charge is 0.454 e. The van der Waals surface area contributed by atoms with Crippen LogP contribution in [-0.4, -0.2) is 44.8 Å². The summed E-state index contributed by atoms with van der Waals surface area (Å²) in [4.78, 5) is 16.5. The van der Waals surface area contributed by atoms with Gasteiger partial charge in [0.1, 0.15) is 5.82 Å². The maximum absolute atomic E-state index is 13.9. The van der Waals surface area contributed by atoms with Gasteiger partial charge < -0.3 is 24.7 Å². The molecular weight excluding hydrogens is 441 g/mol. The molecule has 5 rings (SSSR count). The van der Waals surface area contributed by atoms with Gasteiger partial charge in [-0.2, -0.15) is 18.3 Å². The van der Waals surface area contributed by atoms with Gasteiger partial charge in [-0.05, 0) is 24.1 Å². The van der Waals surface area contributed by atoms with Crippen LogP contribution in [0, 0.1) is 0 Å². The molecule has 1 aromatic carbocycles. The van der Waals surface area contributed by atoms with Crippen LogP contribution in [0.15, 0.2) is 43.0 Å². The number of amides is 1. The summed E-state index contributed by atoms with van der Waals surface area (Å²) in [5.74, 6) is 0.659. The molecule has 174 valence electrons. The number of aromatic nitrogens is 4. The molecule has 0 bridgehead atoms. The highest BCUT2D eigenvalue weighted by Crippen LogP contribution is 2.45. The minimum Gasteiger partial charge on any atom is -0.454 e. The molecule has 4 heterocycles. The minimum atomic E-state index is -4.53. The predicted octanol–water partition coefficient (Wildman–Crippen LogP) is 3.29.